The Morgan fingerprint density at radius 1 is 1.30 bits per heavy atom. The molecule has 7 nitrogen and oxygen atoms in total. The summed E-state index contributed by atoms with van der Waals surface area (Å²) in [5, 5.41) is 6.66. The second kappa shape index (κ2) is 8.93. The van der Waals surface area contributed by atoms with Gasteiger partial charge < -0.3 is 15.5 Å². The number of guanidine groups is 1. The quantitative estimate of drug-likeness (QED) is 0.437. The molecule has 1 fully saturated rings. The molecule has 1 aromatic rings. The molecule has 0 aliphatic carbocycles. The Kier molecular flexibility index (Phi) is 7.11. The molecule has 1 aliphatic rings. The van der Waals surface area contributed by atoms with Crippen molar-refractivity contribution in [1.29, 1.82) is 0 Å². The van der Waals surface area contributed by atoms with Gasteiger partial charge in [-0.25, -0.2) is 8.42 Å². The Morgan fingerprint density at radius 3 is 2.56 bits per heavy atom. The lowest BCUT2D eigenvalue weighted by Crippen LogP contribution is -2.57. The number of sulfone groups is 1. The van der Waals surface area contributed by atoms with Crippen molar-refractivity contribution in [1.82, 2.24) is 10.2 Å². The van der Waals surface area contributed by atoms with Gasteiger partial charge >= 0.3 is 0 Å². The van der Waals surface area contributed by atoms with Crippen LogP contribution in [-0.2, 0) is 14.6 Å². The van der Waals surface area contributed by atoms with Crippen molar-refractivity contribution in [3.63, 3.8) is 0 Å². The van der Waals surface area contributed by atoms with Crippen LogP contribution in [-0.4, -0.2) is 62.4 Å². The maximum atomic E-state index is 12.1. The largest absolute Gasteiger partial charge is 0.356 e. The molecule has 2 rings (SSSR count). The van der Waals surface area contributed by atoms with Crippen molar-refractivity contribution in [2.24, 2.45) is 4.99 Å². The number of anilines is 1. The summed E-state index contributed by atoms with van der Waals surface area (Å²) in [4.78, 5) is 18.2. The lowest BCUT2D eigenvalue weighted by atomic mass is 10.2. The summed E-state index contributed by atoms with van der Waals surface area (Å²) in [6, 6.07) is 6.96. The minimum absolute atomic E-state index is 0.0701. The van der Waals surface area contributed by atoms with Gasteiger partial charge in [0.05, 0.1) is 10.5 Å². The van der Waals surface area contributed by atoms with Gasteiger partial charge in [0.25, 0.3) is 0 Å². The van der Waals surface area contributed by atoms with Gasteiger partial charge in [0.15, 0.2) is 15.8 Å². The zero-order valence-electron chi connectivity index (χ0n) is 16.0. The molecule has 1 heterocycles. The van der Waals surface area contributed by atoms with E-state index in [1.54, 1.807) is 45.2 Å². The second-order valence-corrected chi connectivity index (χ2v) is 10.3. The third-order valence-corrected chi connectivity index (χ3v) is 7.33. The van der Waals surface area contributed by atoms with Crippen molar-refractivity contribution >= 4 is 39.0 Å². The fourth-order valence-corrected chi connectivity index (χ4v) is 4.35. The van der Waals surface area contributed by atoms with Gasteiger partial charge in [0.2, 0.25) is 5.91 Å². The van der Waals surface area contributed by atoms with Crippen LogP contribution < -0.4 is 10.6 Å². The van der Waals surface area contributed by atoms with Crippen LogP contribution in [0.3, 0.4) is 0 Å². The lowest BCUT2D eigenvalue weighted by Gasteiger charge is -2.39. The molecule has 1 saturated heterocycles. The van der Waals surface area contributed by atoms with Crippen LogP contribution in [0.15, 0.2) is 29.3 Å². The van der Waals surface area contributed by atoms with Crippen LogP contribution in [0, 0.1) is 0 Å². The number of benzene rings is 1. The summed E-state index contributed by atoms with van der Waals surface area (Å²) >= 11 is 5.82. The van der Waals surface area contributed by atoms with Gasteiger partial charge in [0, 0.05) is 43.8 Å². The van der Waals surface area contributed by atoms with Crippen LogP contribution >= 0.6 is 11.6 Å². The van der Waals surface area contributed by atoms with Gasteiger partial charge in [-0.2, -0.15) is 0 Å². The molecule has 27 heavy (non-hydrogen) atoms. The number of amides is 1. The fraction of sp³-hybridized carbons (Fsp3) is 0.556. The number of nitrogens with zero attached hydrogens (tertiary/aromatic N) is 2. The molecular weight excluding hydrogens is 388 g/mol. The average Bonchev–Trinajstić information content (AvgIpc) is 2.60. The minimum atomic E-state index is -3.09. The van der Waals surface area contributed by atoms with E-state index in [1.165, 1.54) is 0 Å². The van der Waals surface area contributed by atoms with E-state index < -0.39 is 14.6 Å². The molecule has 0 spiro atoms. The smallest absolute Gasteiger partial charge is 0.224 e. The number of carbonyl (C=O) groups is 1. The molecule has 0 unspecified atom stereocenters. The average molecular weight is 415 g/mol. The first-order chi connectivity index (χ1) is 12.6. The molecule has 0 atom stereocenters. The van der Waals surface area contributed by atoms with Crippen LogP contribution in [0.1, 0.15) is 26.7 Å². The molecule has 150 valence electrons. The molecule has 0 aromatic heterocycles. The summed E-state index contributed by atoms with van der Waals surface area (Å²) in [5.41, 5.74) is 0.713. The number of rotatable bonds is 5. The van der Waals surface area contributed by atoms with E-state index >= 15 is 0 Å². The number of aliphatic imine (C=N–C) groups is 1. The van der Waals surface area contributed by atoms with Gasteiger partial charge in [-0.05, 0) is 44.5 Å². The van der Waals surface area contributed by atoms with Gasteiger partial charge in [-0.15, -0.1) is 0 Å². The molecule has 9 heteroatoms. The number of halogens is 1. The van der Waals surface area contributed by atoms with Gasteiger partial charge in [-0.3, -0.25) is 9.79 Å². The van der Waals surface area contributed by atoms with Crippen LogP contribution in [0.25, 0.3) is 0 Å². The molecule has 0 radical (unpaired) electrons. The third kappa shape index (κ3) is 5.84. The van der Waals surface area contributed by atoms with E-state index in [-0.39, 0.29) is 11.7 Å². The Labute approximate surface area is 166 Å². The number of hydrogen-bond acceptors (Lipinski definition) is 4. The monoisotopic (exact) mass is 414 g/mol. The molecule has 1 aromatic carbocycles. The molecule has 1 aliphatic heterocycles. The zero-order chi connectivity index (χ0) is 20.1. The van der Waals surface area contributed by atoms with E-state index in [1.807, 2.05) is 4.90 Å². The third-order valence-electron chi connectivity index (χ3n) is 4.55. The summed E-state index contributed by atoms with van der Waals surface area (Å²) in [7, 11) is -1.42. The summed E-state index contributed by atoms with van der Waals surface area (Å²) in [6.07, 6.45) is 1.00. The van der Waals surface area contributed by atoms with Crippen LogP contribution in [0.4, 0.5) is 5.69 Å². The van der Waals surface area contributed by atoms with E-state index in [0.717, 1.165) is 0 Å². The highest BCUT2D eigenvalue weighted by Crippen LogP contribution is 2.23. The first-order valence-electron chi connectivity index (χ1n) is 8.88. The lowest BCUT2D eigenvalue weighted by molar-refractivity contribution is -0.116. The highest BCUT2D eigenvalue weighted by molar-refractivity contribution is 7.92. The molecule has 1 amide bonds. The summed E-state index contributed by atoms with van der Waals surface area (Å²) < 4.78 is 23.4. The van der Waals surface area contributed by atoms with Crippen molar-refractivity contribution in [3.05, 3.63) is 29.3 Å². The predicted octanol–water partition coefficient (Wildman–Crippen LogP) is 2.14. The minimum Gasteiger partial charge on any atom is -0.356 e. The van der Waals surface area contributed by atoms with E-state index in [9.17, 15) is 13.2 Å². The van der Waals surface area contributed by atoms with Gasteiger partial charge in [-0.1, -0.05) is 11.6 Å². The fourth-order valence-electron chi connectivity index (χ4n) is 2.86. The topological polar surface area (TPSA) is 90.9 Å². The second-order valence-electron chi connectivity index (χ2n) is 7.13. The Balaban J connectivity index is 1.76. The Bertz CT molecular complexity index is 791. The van der Waals surface area contributed by atoms with Crippen molar-refractivity contribution < 1.29 is 13.2 Å². The van der Waals surface area contributed by atoms with Crippen LogP contribution in [0.2, 0.25) is 5.02 Å². The highest BCUT2D eigenvalue weighted by atomic mass is 35.5. The number of carbonyl (C=O) groups excluding carboxylic acids is 1. The summed E-state index contributed by atoms with van der Waals surface area (Å²) in [5.74, 6) is 0.708. The van der Waals surface area contributed by atoms with E-state index in [2.05, 4.69) is 15.6 Å². The van der Waals surface area contributed by atoms with Crippen molar-refractivity contribution in [2.75, 3.05) is 37.8 Å². The first-order valence-corrected chi connectivity index (χ1v) is 10.9. The molecule has 0 saturated carbocycles. The predicted molar refractivity (Wildman–Crippen MR) is 110 cm³/mol. The number of nitrogens with one attached hydrogen (secondary N) is 2. The number of hydrogen-bond donors (Lipinski definition) is 2. The maximum absolute atomic E-state index is 12.1. The summed E-state index contributed by atoms with van der Waals surface area (Å²) in [6.45, 7) is 4.87. The van der Waals surface area contributed by atoms with E-state index in [0.29, 0.717) is 49.1 Å². The van der Waals surface area contributed by atoms with Gasteiger partial charge in [0.1, 0.15) is 0 Å². The van der Waals surface area contributed by atoms with Crippen LogP contribution in [0.5, 0.6) is 0 Å². The Morgan fingerprint density at radius 2 is 1.96 bits per heavy atom. The molecular formula is C18H27ClN4O3S. The highest BCUT2D eigenvalue weighted by Gasteiger charge is 2.40. The molecule has 0 bridgehead atoms. The molecule has 2 N–H and O–H groups in total. The SMILES string of the molecule is CN=C(NCCCC(=O)Nc1ccc(Cl)cc1)N1CCS(=O)(=O)C(C)(C)C1. The van der Waals surface area contributed by atoms with Crippen molar-refractivity contribution in [3.8, 4) is 0 Å². The maximum Gasteiger partial charge on any atom is 0.224 e. The standard InChI is InChI=1S/C18H27ClN4O3S/c1-18(2)13-23(11-12-27(18,25)26)17(20-3)21-10-4-5-16(24)22-15-8-6-14(19)7-9-15/h6-9H,4-5,10-13H2,1-3H3,(H,20,21)(H,22,24). The van der Waals surface area contributed by atoms with Crippen molar-refractivity contribution in [2.45, 2.75) is 31.4 Å². The first kappa shape index (κ1) is 21.5. The van der Waals surface area contributed by atoms with E-state index in [4.69, 9.17) is 11.6 Å². The Hall–Kier alpha value is -1.80. The normalized spacial score (nSPS) is 18.8. The zero-order valence-corrected chi connectivity index (χ0v) is 17.5.